The van der Waals surface area contributed by atoms with Gasteiger partial charge in [0.2, 0.25) is 0 Å². The molecular formula is C21H21N5O3S. The molecule has 1 heterocycles. The molecule has 1 amide bonds. The topological polar surface area (TPSA) is 103 Å². The van der Waals surface area contributed by atoms with Crippen molar-refractivity contribution in [1.82, 2.24) is 20.1 Å². The number of nitro groups is 1. The number of hydrogen-bond donors (Lipinski definition) is 1. The summed E-state index contributed by atoms with van der Waals surface area (Å²) in [6, 6.07) is 14.4. The number of amides is 1. The number of hydrogen-bond acceptors (Lipinski definition) is 6. The van der Waals surface area contributed by atoms with Gasteiger partial charge >= 0.3 is 0 Å². The van der Waals surface area contributed by atoms with Gasteiger partial charge in [0, 0.05) is 30.0 Å². The van der Waals surface area contributed by atoms with Crippen LogP contribution in [0.3, 0.4) is 0 Å². The van der Waals surface area contributed by atoms with Crippen molar-refractivity contribution < 1.29 is 9.72 Å². The van der Waals surface area contributed by atoms with E-state index in [0.717, 1.165) is 18.4 Å². The smallest absolute Gasteiger partial charge is 0.280 e. The maximum atomic E-state index is 12.1. The Balaban J connectivity index is 1.48. The Morgan fingerprint density at radius 3 is 2.60 bits per heavy atom. The van der Waals surface area contributed by atoms with Crippen molar-refractivity contribution in [3.8, 4) is 11.4 Å². The molecule has 1 aliphatic rings. The highest BCUT2D eigenvalue weighted by molar-refractivity contribution is 7.98. The lowest BCUT2D eigenvalue weighted by molar-refractivity contribution is -0.384. The van der Waals surface area contributed by atoms with Crippen LogP contribution in [-0.2, 0) is 12.3 Å². The second-order valence-electron chi connectivity index (χ2n) is 7.06. The first-order chi connectivity index (χ1) is 14.6. The predicted octanol–water partition coefficient (Wildman–Crippen LogP) is 4.06. The second-order valence-corrected chi connectivity index (χ2v) is 8.00. The monoisotopic (exact) mass is 423 g/mol. The van der Waals surface area contributed by atoms with Gasteiger partial charge in [-0.25, -0.2) is 0 Å². The zero-order valence-corrected chi connectivity index (χ0v) is 17.3. The third-order valence-corrected chi connectivity index (χ3v) is 5.91. The van der Waals surface area contributed by atoms with Crippen LogP contribution in [0, 0.1) is 10.1 Å². The summed E-state index contributed by atoms with van der Waals surface area (Å²) in [5.41, 5.74) is 2.18. The number of aromatic nitrogens is 3. The lowest BCUT2D eigenvalue weighted by Crippen LogP contribution is -2.25. The maximum Gasteiger partial charge on any atom is 0.280 e. The van der Waals surface area contributed by atoms with E-state index in [2.05, 4.69) is 15.5 Å². The summed E-state index contributed by atoms with van der Waals surface area (Å²) >= 11 is 1.51. The van der Waals surface area contributed by atoms with Gasteiger partial charge in [-0.3, -0.25) is 14.9 Å². The average Bonchev–Trinajstić information content (AvgIpc) is 3.48. The Morgan fingerprint density at radius 1 is 1.20 bits per heavy atom. The molecule has 3 aromatic rings. The minimum atomic E-state index is -0.405. The van der Waals surface area contributed by atoms with Crippen molar-refractivity contribution >= 4 is 23.4 Å². The van der Waals surface area contributed by atoms with Gasteiger partial charge in [0.25, 0.3) is 11.6 Å². The van der Waals surface area contributed by atoms with Gasteiger partial charge in [-0.05, 0) is 43.5 Å². The number of benzene rings is 2. The Morgan fingerprint density at radius 2 is 1.93 bits per heavy atom. The largest absolute Gasteiger partial charge is 0.349 e. The van der Waals surface area contributed by atoms with E-state index in [-0.39, 0.29) is 11.6 Å². The molecule has 8 nitrogen and oxygen atoms in total. The molecule has 9 heteroatoms. The lowest BCUT2D eigenvalue weighted by atomic mass is 10.1. The number of carbonyl (C=O) groups excluding carboxylic acids is 1. The van der Waals surface area contributed by atoms with Crippen LogP contribution in [0.2, 0.25) is 0 Å². The van der Waals surface area contributed by atoms with Crippen molar-refractivity contribution in [2.45, 2.75) is 43.3 Å². The summed E-state index contributed by atoms with van der Waals surface area (Å²) in [5.74, 6) is 1.11. The first-order valence-corrected chi connectivity index (χ1v) is 10.7. The molecule has 0 radical (unpaired) electrons. The minimum Gasteiger partial charge on any atom is -0.349 e. The number of nitrogens with zero attached hydrogens (tertiary/aromatic N) is 4. The Bertz CT molecular complexity index is 1080. The van der Waals surface area contributed by atoms with Crippen LogP contribution in [-0.4, -0.2) is 31.6 Å². The molecule has 1 N–H and O–H groups in total. The molecule has 4 rings (SSSR count). The Labute approximate surface area is 177 Å². The minimum absolute atomic E-state index is 0.0104. The van der Waals surface area contributed by atoms with Crippen LogP contribution < -0.4 is 5.32 Å². The summed E-state index contributed by atoms with van der Waals surface area (Å²) in [6.07, 6.45) is 2.12. The number of para-hydroxylation sites is 1. The second kappa shape index (κ2) is 8.66. The van der Waals surface area contributed by atoms with Gasteiger partial charge < -0.3 is 9.88 Å². The van der Waals surface area contributed by atoms with E-state index in [1.165, 1.54) is 17.8 Å². The van der Waals surface area contributed by atoms with Gasteiger partial charge in [0.1, 0.15) is 0 Å². The number of nitro benzene ring substituents is 1. The van der Waals surface area contributed by atoms with Gasteiger partial charge in [-0.15, -0.1) is 10.2 Å². The molecule has 154 valence electrons. The molecule has 0 spiro atoms. The highest BCUT2D eigenvalue weighted by Crippen LogP contribution is 2.31. The Kier molecular flexibility index (Phi) is 5.80. The van der Waals surface area contributed by atoms with E-state index in [1.54, 1.807) is 18.2 Å². The molecule has 0 unspecified atom stereocenters. The van der Waals surface area contributed by atoms with Crippen LogP contribution >= 0.6 is 11.8 Å². The molecule has 0 bridgehead atoms. The van der Waals surface area contributed by atoms with Crippen molar-refractivity contribution in [2.24, 2.45) is 0 Å². The fourth-order valence-electron chi connectivity index (χ4n) is 3.10. The average molecular weight is 423 g/mol. The fourth-order valence-corrected chi connectivity index (χ4v) is 4.06. The van der Waals surface area contributed by atoms with Gasteiger partial charge in [0.15, 0.2) is 11.0 Å². The molecule has 1 saturated carbocycles. The lowest BCUT2D eigenvalue weighted by Gasteiger charge is -2.08. The van der Waals surface area contributed by atoms with E-state index < -0.39 is 4.92 Å². The quantitative estimate of drug-likeness (QED) is 0.333. The first kappa shape index (κ1) is 20.1. The molecular weight excluding hydrogens is 402 g/mol. The third-order valence-electron chi connectivity index (χ3n) is 4.87. The fraction of sp³-hybridized carbons (Fsp3) is 0.286. The standard InChI is InChI=1S/C21H21N5O3S/c1-2-25-19(17-5-3-4-6-18(17)26(28)29)23-24-21(25)30-13-14-7-9-15(10-8-14)20(27)22-16-11-12-16/h3-10,16H,2,11-13H2,1H3,(H,22,27). The molecule has 0 saturated heterocycles. The third kappa shape index (κ3) is 4.35. The first-order valence-electron chi connectivity index (χ1n) is 9.76. The van der Waals surface area contributed by atoms with E-state index >= 15 is 0 Å². The van der Waals surface area contributed by atoms with Crippen LogP contribution in [0.15, 0.2) is 53.7 Å². The molecule has 2 aromatic carbocycles. The highest BCUT2D eigenvalue weighted by atomic mass is 32.2. The molecule has 0 atom stereocenters. The SMILES string of the molecule is CCn1c(SCc2ccc(C(=O)NC3CC3)cc2)nnc1-c1ccccc1[N+](=O)[O-]. The van der Waals surface area contributed by atoms with E-state index in [4.69, 9.17) is 0 Å². The maximum absolute atomic E-state index is 12.1. The van der Waals surface area contributed by atoms with Crippen LogP contribution in [0.4, 0.5) is 5.69 Å². The van der Waals surface area contributed by atoms with E-state index in [0.29, 0.717) is 40.4 Å². The summed E-state index contributed by atoms with van der Waals surface area (Å²) < 4.78 is 1.88. The van der Waals surface area contributed by atoms with Crippen LogP contribution in [0.5, 0.6) is 0 Å². The van der Waals surface area contributed by atoms with Crippen molar-refractivity contribution in [2.75, 3.05) is 0 Å². The number of rotatable bonds is 8. The summed E-state index contributed by atoms with van der Waals surface area (Å²) in [4.78, 5) is 23.1. The summed E-state index contributed by atoms with van der Waals surface area (Å²) in [7, 11) is 0. The number of carbonyl (C=O) groups is 1. The predicted molar refractivity (Wildman–Crippen MR) is 114 cm³/mol. The zero-order valence-electron chi connectivity index (χ0n) is 16.4. The number of thioether (sulfide) groups is 1. The molecule has 1 aliphatic carbocycles. The van der Waals surface area contributed by atoms with Crippen molar-refractivity contribution in [3.05, 3.63) is 69.8 Å². The van der Waals surface area contributed by atoms with E-state index in [1.807, 2.05) is 35.8 Å². The van der Waals surface area contributed by atoms with Gasteiger partial charge in [-0.2, -0.15) is 0 Å². The summed E-state index contributed by atoms with van der Waals surface area (Å²) in [6.45, 7) is 2.55. The van der Waals surface area contributed by atoms with Crippen molar-refractivity contribution in [3.63, 3.8) is 0 Å². The molecule has 1 fully saturated rings. The van der Waals surface area contributed by atoms with Gasteiger partial charge in [-0.1, -0.05) is 36.0 Å². The normalized spacial score (nSPS) is 13.2. The highest BCUT2D eigenvalue weighted by Gasteiger charge is 2.24. The van der Waals surface area contributed by atoms with Gasteiger partial charge in [0.05, 0.1) is 10.5 Å². The molecule has 30 heavy (non-hydrogen) atoms. The van der Waals surface area contributed by atoms with Crippen LogP contribution in [0.25, 0.3) is 11.4 Å². The zero-order chi connectivity index (χ0) is 21.1. The molecule has 0 aliphatic heterocycles. The van der Waals surface area contributed by atoms with Crippen molar-refractivity contribution in [1.29, 1.82) is 0 Å². The van der Waals surface area contributed by atoms with E-state index in [9.17, 15) is 14.9 Å². The Hall–Kier alpha value is -3.20. The summed E-state index contributed by atoms with van der Waals surface area (Å²) in [5, 5.41) is 23.5. The van der Waals surface area contributed by atoms with Crippen LogP contribution in [0.1, 0.15) is 35.7 Å². The number of nitrogens with one attached hydrogen (secondary N) is 1. The molecule has 1 aromatic heterocycles.